The number of aromatic nitrogens is 1. The number of rotatable bonds is 3. The highest BCUT2D eigenvalue weighted by Gasteiger charge is 2.30. The van der Waals surface area contributed by atoms with Crippen LogP contribution in [0.3, 0.4) is 0 Å². The molecular weight excluding hydrogens is 375 g/mol. The molecule has 0 aliphatic carbocycles. The molecule has 5 N–H and O–H groups in total. The zero-order valence-corrected chi connectivity index (χ0v) is 14.6. The Morgan fingerprint density at radius 2 is 1.54 bits per heavy atom. The van der Waals surface area contributed by atoms with E-state index in [-0.39, 0.29) is 11.7 Å². The van der Waals surface area contributed by atoms with Gasteiger partial charge in [-0.3, -0.25) is 0 Å². The van der Waals surface area contributed by atoms with Crippen LogP contribution in [0.2, 0.25) is 0 Å². The van der Waals surface area contributed by atoms with Crippen LogP contribution in [0.5, 0.6) is 0 Å². The number of carbonyl (C=O) groups excluding carboxylic acids is 2. The number of alkyl halides is 3. The van der Waals surface area contributed by atoms with Gasteiger partial charge in [0.2, 0.25) is 0 Å². The summed E-state index contributed by atoms with van der Waals surface area (Å²) in [5, 5.41) is 10.8. The summed E-state index contributed by atoms with van der Waals surface area (Å²) < 4.78 is 37.8. The molecule has 3 rings (SSSR count). The van der Waals surface area contributed by atoms with E-state index in [0.717, 1.165) is 17.6 Å². The molecule has 0 aliphatic rings. The predicted octanol–water partition coefficient (Wildman–Crippen LogP) is 4.58. The summed E-state index contributed by atoms with van der Waals surface area (Å²) in [4.78, 5) is 26.6. The monoisotopic (exact) mass is 391 g/mol. The fraction of sp³-hybridized carbons (Fsp3) is 0.111. The first kappa shape index (κ1) is 19.1. The van der Waals surface area contributed by atoms with Gasteiger partial charge < -0.3 is 26.3 Å². The highest BCUT2D eigenvalue weighted by Crippen LogP contribution is 2.30. The molecule has 4 amide bonds. The van der Waals surface area contributed by atoms with Gasteiger partial charge in [-0.2, -0.15) is 13.2 Å². The third-order valence-corrected chi connectivity index (χ3v) is 3.88. The second kappa shape index (κ2) is 7.51. The average Bonchev–Trinajstić information content (AvgIpc) is 3.03. The first-order chi connectivity index (χ1) is 13.3. The largest absolute Gasteiger partial charge is 0.416 e. The van der Waals surface area contributed by atoms with Gasteiger partial charge in [-0.05, 0) is 42.5 Å². The van der Waals surface area contributed by atoms with Gasteiger partial charge in [-0.25, -0.2) is 9.59 Å². The Labute approximate surface area is 157 Å². The van der Waals surface area contributed by atoms with Crippen LogP contribution in [0.1, 0.15) is 5.56 Å². The number of H-pyrrole nitrogens is 1. The molecule has 0 saturated heterocycles. The number of carbonyl (C=O) groups is 2. The quantitative estimate of drug-likeness (QED) is 0.452. The summed E-state index contributed by atoms with van der Waals surface area (Å²) in [6.45, 7) is 0. The molecule has 28 heavy (non-hydrogen) atoms. The maximum absolute atomic E-state index is 12.6. The molecule has 3 aromatic rings. The Bertz CT molecular complexity index is 1010. The number of hydrogen-bond donors (Lipinski definition) is 5. The molecule has 0 spiro atoms. The van der Waals surface area contributed by atoms with Gasteiger partial charge in [0.15, 0.2) is 0 Å². The van der Waals surface area contributed by atoms with E-state index in [1.165, 1.54) is 19.2 Å². The van der Waals surface area contributed by atoms with Crippen LogP contribution in [0.4, 0.5) is 39.8 Å². The van der Waals surface area contributed by atoms with E-state index in [4.69, 9.17) is 0 Å². The molecular formula is C18H16F3N5O2. The molecule has 10 heteroatoms. The van der Waals surface area contributed by atoms with Crippen LogP contribution in [0.15, 0.2) is 48.7 Å². The molecule has 0 atom stereocenters. The molecule has 0 saturated carbocycles. The fourth-order valence-corrected chi connectivity index (χ4v) is 2.52. The van der Waals surface area contributed by atoms with Gasteiger partial charge in [0.05, 0.1) is 11.3 Å². The van der Waals surface area contributed by atoms with Gasteiger partial charge in [0, 0.05) is 35.5 Å². The minimum absolute atomic E-state index is 0.215. The molecule has 146 valence electrons. The Kier molecular flexibility index (Phi) is 5.12. The highest BCUT2D eigenvalue weighted by molar-refractivity contribution is 6.07. The lowest BCUT2D eigenvalue weighted by atomic mass is 10.2. The molecule has 1 aromatic heterocycles. The van der Waals surface area contributed by atoms with Crippen molar-refractivity contribution in [3.8, 4) is 0 Å². The van der Waals surface area contributed by atoms with Crippen molar-refractivity contribution in [3.05, 3.63) is 54.2 Å². The SMILES string of the molecule is CNC(=O)Nc1ccc2[nH]cc(NC(=O)Nc3ccc(C(F)(F)F)cc3)c2c1. The fourth-order valence-electron chi connectivity index (χ4n) is 2.52. The first-order valence-electron chi connectivity index (χ1n) is 8.11. The zero-order valence-electron chi connectivity index (χ0n) is 14.6. The number of halogens is 3. The lowest BCUT2D eigenvalue weighted by molar-refractivity contribution is -0.137. The molecule has 0 unspecified atom stereocenters. The lowest BCUT2D eigenvalue weighted by Crippen LogP contribution is -2.24. The Balaban J connectivity index is 1.72. The van der Waals surface area contributed by atoms with Crippen molar-refractivity contribution < 1.29 is 22.8 Å². The first-order valence-corrected chi connectivity index (χ1v) is 8.11. The minimum Gasteiger partial charge on any atom is -0.359 e. The van der Waals surface area contributed by atoms with Gasteiger partial charge >= 0.3 is 18.2 Å². The predicted molar refractivity (Wildman–Crippen MR) is 100 cm³/mol. The van der Waals surface area contributed by atoms with Crippen molar-refractivity contribution in [2.45, 2.75) is 6.18 Å². The summed E-state index contributed by atoms with van der Waals surface area (Å²) in [5.41, 5.74) is 1.11. The van der Waals surface area contributed by atoms with Gasteiger partial charge in [0.25, 0.3) is 0 Å². The molecule has 7 nitrogen and oxygen atoms in total. The number of anilines is 3. The second-order valence-corrected chi connectivity index (χ2v) is 5.82. The van der Waals surface area contributed by atoms with Crippen molar-refractivity contribution in [2.75, 3.05) is 23.0 Å². The van der Waals surface area contributed by atoms with E-state index in [0.29, 0.717) is 16.8 Å². The van der Waals surface area contributed by atoms with Crippen molar-refractivity contribution in [2.24, 2.45) is 0 Å². The summed E-state index contributed by atoms with van der Waals surface area (Å²) in [6, 6.07) is 8.21. The van der Waals surface area contributed by atoms with E-state index >= 15 is 0 Å². The van der Waals surface area contributed by atoms with Crippen molar-refractivity contribution >= 4 is 40.0 Å². The number of aromatic amines is 1. The van der Waals surface area contributed by atoms with E-state index in [1.807, 2.05) is 0 Å². The average molecular weight is 391 g/mol. The summed E-state index contributed by atoms with van der Waals surface area (Å²) >= 11 is 0. The van der Waals surface area contributed by atoms with E-state index in [1.54, 1.807) is 24.4 Å². The molecule has 0 bridgehead atoms. The maximum atomic E-state index is 12.6. The Hall–Kier alpha value is -3.69. The molecule has 0 radical (unpaired) electrons. The van der Waals surface area contributed by atoms with Crippen molar-refractivity contribution in [1.29, 1.82) is 0 Å². The van der Waals surface area contributed by atoms with Crippen LogP contribution in [-0.4, -0.2) is 24.1 Å². The standard InChI is InChI=1S/C18H16F3N5O2/c1-22-16(27)25-12-6-7-14-13(8-12)15(9-23-14)26-17(28)24-11-4-2-10(3-5-11)18(19,20)21/h2-9,23H,1H3,(H2,22,25,27)(H2,24,26,28). The third kappa shape index (κ3) is 4.34. The van der Waals surface area contributed by atoms with Crippen molar-refractivity contribution in [3.63, 3.8) is 0 Å². The number of benzene rings is 2. The normalized spacial score (nSPS) is 11.1. The number of hydrogen-bond acceptors (Lipinski definition) is 2. The van der Waals surface area contributed by atoms with Crippen LogP contribution in [-0.2, 0) is 6.18 Å². The zero-order chi connectivity index (χ0) is 20.3. The summed E-state index contributed by atoms with van der Waals surface area (Å²) in [5.74, 6) is 0. The number of amides is 4. The summed E-state index contributed by atoms with van der Waals surface area (Å²) in [7, 11) is 1.49. The molecule has 2 aromatic carbocycles. The number of nitrogens with one attached hydrogen (secondary N) is 5. The number of fused-ring (bicyclic) bond motifs is 1. The van der Waals surface area contributed by atoms with Crippen LogP contribution in [0, 0.1) is 0 Å². The third-order valence-electron chi connectivity index (χ3n) is 3.88. The van der Waals surface area contributed by atoms with Gasteiger partial charge in [0.1, 0.15) is 0 Å². The van der Waals surface area contributed by atoms with Crippen molar-refractivity contribution in [1.82, 2.24) is 10.3 Å². The Morgan fingerprint density at radius 3 is 2.18 bits per heavy atom. The number of urea groups is 2. The smallest absolute Gasteiger partial charge is 0.359 e. The maximum Gasteiger partial charge on any atom is 0.416 e. The lowest BCUT2D eigenvalue weighted by Gasteiger charge is -2.10. The molecule has 0 fully saturated rings. The molecule has 0 aliphatic heterocycles. The van der Waals surface area contributed by atoms with Crippen LogP contribution < -0.4 is 21.3 Å². The minimum atomic E-state index is -4.44. The second-order valence-electron chi connectivity index (χ2n) is 5.82. The summed E-state index contributed by atoms with van der Waals surface area (Å²) in [6.07, 6.45) is -2.87. The van der Waals surface area contributed by atoms with E-state index in [9.17, 15) is 22.8 Å². The van der Waals surface area contributed by atoms with Crippen LogP contribution >= 0.6 is 0 Å². The highest BCUT2D eigenvalue weighted by atomic mass is 19.4. The molecule has 1 heterocycles. The van der Waals surface area contributed by atoms with Gasteiger partial charge in [-0.1, -0.05) is 0 Å². The topological polar surface area (TPSA) is 98.1 Å². The Morgan fingerprint density at radius 1 is 0.893 bits per heavy atom. The van der Waals surface area contributed by atoms with Crippen LogP contribution in [0.25, 0.3) is 10.9 Å². The van der Waals surface area contributed by atoms with E-state index < -0.39 is 17.8 Å². The van der Waals surface area contributed by atoms with E-state index in [2.05, 4.69) is 26.3 Å². The van der Waals surface area contributed by atoms with Gasteiger partial charge in [-0.15, -0.1) is 0 Å².